The van der Waals surface area contributed by atoms with E-state index in [9.17, 15) is 4.79 Å². The van der Waals surface area contributed by atoms with Crippen LogP contribution in [-0.2, 0) is 4.79 Å². The highest BCUT2D eigenvalue weighted by Crippen LogP contribution is 2.32. The third-order valence-corrected chi connectivity index (χ3v) is 3.55. The Labute approximate surface area is 105 Å². The van der Waals surface area contributed by atoms with Crippen LogP contribution < -0.4 is 0 Å². The van der Waals surface area contributed by atoms with Crippen LogP contribution in [-0.4, -0.2) is 5.78 Å². The van der Waals surface area contributed by atoms with Gasteiger partial charge in [0, 0.05) is 11.8 Å². The Kier molecular flexibility index (Phi) is 5.40. The molecule has 1 rings (SSSR count). The maximum Gasteiger partial charge on any atom is 0.143 e. The van der Waals surface area contributed by atoms with Crippen LogP contribution in [0.15, 0.2) is 30.3 Å². The van der Waals surface area contributed by atoms with Gasteiger partial charge in [0.25, 0.3) is 0 Å². The number of benzene rings is 1. The maximum absolute atomic E-state index is 12.4. The first-order valence-corrected chi connectivity index (χ1v) is 6.70. The summed E-state index contributed by atoms with van der Waals surface area (Å²) in [5, 5.41) is 0. The van der Waals surface area contributed by atoms with Gasteiger partial charge in [-0.25, -0.2) is 0 Å². The second kappa shape index (κ2) is 6.58. The van der Waals surface area contributed by atoms with Gasteiger partial charge in [-0.05, 0) is 11.5 Å². The number of ketones is 1. The minimum atomic E-state index is 0.0752. The van der Waals surface area contributed by atoms with E-state index in [1.807, 2.05) is 32.0 Å². The SMILES string of the molecule is CCC(CC)[C@@H](C(=O)C(C)C)c1ccccc1. The van der Waals surface area contributed by atoms with Gasteiger partial charge in [-0.15, -0.1) is 0 Å². The lowest BCUT2D eigenvalue weighted by molar-refractivity contribution is -0.124. The molecule has 0 saturated carbocycles. The lowest BCUT2D eigenvalue weighted by Crippen LogP contribution is -2.25. The Hall–Kier alpha value is -1.11. The Morgan fingerprint density at radius 2 is 1.59 bits per heavy atom. The van der Waals surface area contributed by atoms with Crippen LogP contribution >= 0.6 is 0 Å². The molecule has 94 valence electrons. The summed E-state index contributed by atoms with van der Waals surface area (Å²) in [6.45, 7) is 8.36. The summed E-state index contributed by atoms with van der Waals surface area (Å²) in [6.07, 6.45) is 2.13. The van der Waals surface area contributed by atoms with Gasteiger partial charge in [-0.2, -0.15) is 0 Å². The third kappa shape index (κ3) is 3.42. The lowest BCUT2D eigenvalue weighted by atomic mass is 9.77. The van der Waals surface area contributed by atoms with Crippen molar-refractivity contribution in [2.45, 2.75) is 46.5 Å². The third-order valence-electron chi connectivity index (χ3n) is 3.55. The molecule has 0 bridgehead atoms. The van der Waals surface area contributed by atoms with Crippen molar-refractivity contribution >= 4 is 5.78 Å². The van der Waals surface area contributed by atoms with Crippen molar-refractivity contribution < 1.29 is 4.79 Å². The van der Waals surface area contributed by atoms with Crippen LogP contribution in [0.5, 0.6) is 0 Å². The van der Waals surface area contributed by atoms with Gasteiger partial charge in [0.1, 0.15) is 5.78 Å². The summed E-state index contributed by atoms with van der Waals surface area (Å²) in [7, 11) is 0. The molecule has 0 spiro atoms. The predicted octanol–water partition coefficient (Wildman–Crippen LogP) is 4.43. The smallest absolute Gasteiger partial charge is 0.143 e. The molecule has 0 aliphatic rings. The monoisotopic (exact) mass is 232 g/mol. The second-order valence-corrected chi connectivity index (χ2v) is 5.02. The molecule has 1 aromatic carbocycles. The first-order valence-electron chi connectivity index (χ1n) is 6.70. The van der Waals surface area contributed by atoms with E-state index in [-0.39, 0.29) is 11.8 Å². The summed E-state index contributed by atoms with van der Waals surface area (Å²) in [5.41, 5.74) is 1.18. The van der Waals surface area contributed by atoms with Crippen molar-refractivity contribution in [3.63, 3.8) is 0 Å². The van der Waals surface area contributed by atoms with Crippen molar-refractivity contribution in [3.05, 3.63) is 35.9 Å². The average molecular weight is 232 g/mol. The second-order valence-electron chi connectivity index (χ2n) is 5.02. The highest BCUT2D eigenvalue weighted by molar-refractivity contribution is 5.87. The van der Waals surface area contributed by atoms with E-state index in [4.69, 9.17) is 0 Å². The van der Waals surface area contributed by atoms with Crippen molar-refractivity contribution in [1.29, 1.82) is 0 Å². The molecule has 17 heavy (non-hydrogen) atoms. The number of rotatable bonds is 6. The van der Waals surface area contributed by atoms with E-state index < -0.39 is 0 Å². The molecule has 0 fully saturated rings. The van der Waals surface area contributed by atoms with Crippen LogP contribution in [0.25, 0.3) is 0 Å². The first kappa shape index (κ1) is 14.0. The van der Waals surface area contributed by atoms with Gasteiger partial charge in [-0.3, -0.25) is 4.79 Å². The van der Waals surface area contributed by atoms with E-state index in [0.29, 0.717) is 11.7 Å². The minimum Gasteiger partial charge on any atom is -0.299 e. The Morgan fingerprint density at radius 1 is 1.06 bits per heavy atom. The quantitative estimate of drug-likeness (QED) is 0.709. The molecule has 0 radical (unpaired) electrons. The zero-order valence-electron chi connectivity index (χ0n) is 11.4. The standard InChI is InChI=1S/C16H24O/c1-5-13(6-2)15(16(17)12(3)4)14-10-8-7-9-11-14/h7-13,15H,5-6H2,1-4H3/t15-/m1/s1. The van der Waals surface area contributed by atoms with Gasteiger partial charge in [-0.1, -0.05) is 70.9 Å². The fourth-order valence-electron chi connectivity index (χ4n) is 2.45. The van der Waals surface area contributed by atoms with Gasteiger partial charge in [0.05, 0.1) is 0 Å². The van der Waals surface area contributed by atoms with Gasteiger partial charge < -0.3 is 0 Å². The molecule has 1 atom stereocenters. The lowest BCUT2D eigenvalue weighted by Gasteiger charge is -2.26. The minimum absolute atomic E-state index is 0.0752. The van der Waals surface area contributed by atoms with Crippen LogP contribution in [0, 0.1) is 11.8 Å². The summed E-state index contributed by atoms with van der Waals surface area (Å²) in [4.78, 5) is 12.4. The number of Topliss-reactive ketones (excluding diaryl/α,β-unsaturated/α-hetero) is 1. The van der Waals surface area contributed by atoms with Crippen LogP contribution in [0.3, 0.4) is 0 Å². The topological polar surface area (TPSA) is 17.1 Å². The first-order chi connectivity index (χ1) is 8.11. The summed E-state index contributed by atoms with van der Waals surface area (Å²) >= 11 is 0. The van der Waals surface area contributed by atoms with Gasteiger partial charge in [0.15, 0.2) is 0 Å². The predicted molar refractivity (Wildman–Crippen MR) is 73.1 cm³/mol. The molecule has 0 heterocycles. The van der Waals surface area contributed by atoms with Crippen molar-refractivity contribution in [3.8, 4) is 0 Å². The zero-order chi connectivity index (χ0) is 12.8. The highest BCUT2D eigenvalue weighted by Gasteiger charge is 2.28. The highest BCUT2D eigenvalue weighted by atomic mass is 16.1. The molecule has 0 unspecified atom stereocenters. The largest absolute Gasteiger partial charge is 0.299 e. The summed E-state index contributed by atoms with van der Waals surface area (Å²) in [5.74, 6) is 1.03. The summed E-state index contributed by atoms with van der Waals surface area (Å²) < 4.78 is 0. The van der Waals surface area contributed by atoms with E-state index in [1.165, 1.54) is 5.56 Å². The Bertz CT molecular complexity index is 336. The Morgan fingerprint density at radius 3 is 2.00 bits per heavy atom. The fraction of sp³-hybridized carbons (Fsp3) is 0.562. The summed E-state index contributed by atoms with van der Waals surface area (Å²) in [6, 6.07) is 10.2. The molecular formula is C16H24O. The normalized spacial score (nSPS) is 13.1. The molecule has 0 aliphatic carbocycles. The van der Waals surface area contributed by atoms with Crippen LogP contribution in [0.1, 0.15) is 52.0 Å². The molecular weight excluding hydrogens is 208 g/mol. The van der Waals surface area contributed by atoms with Gasteiger partial charge >= 0.3 is 0 Å². The van der Waals surface area contributed by atoms with Crippen molar-refractivity contribution in [1.82, 2.24) is 0 Å². The van der Waals surface area contributed by atoms with Gasteiger partial charge in [0.2, 0.25) is 0 Å². The van der Waals surface area contributed by atoms with Crippen molar-refractivity contribution in [2.75, 3.05) is 0 Å². The number of carbonyl (C=O) groups is 1. The van der Waals surface area contributed by atoms with Crippen molar-refractivity contribution in [2.24, 2.45) is 11.8 Å². The number of hydrogen-bond acceptors (Lipinski definition) is 1. The fourth-order valence-corrected chi connectivity index (χ4v) is 2.45. The molecule has 0 N–H and O–H groups in total. The number of hydrogen-bond donors (Lipinski definition) is 0. The van der Waals surface area contributed by atoms with E-state index >= 15 is 0 Å². The molecule has 0 aliphatic heterocycles. The average Bonchev–Trinajstić information content (AvgIpc) is 2.36. The maximum atomic E-state index is 12.4. The molecule has 0 aromatic heterocycles. The molecule has 0 saturated heterocycles. The van der Waals surface area contributed by atoms with E-state index in [2.05, 4.69) is 26.0 Å². The van der Waals surface area contributed by atoms with Crippen LogP contribution in [0.4, 0.5) is 0 Å². The molecule has 1 aromatic rings. The molecule has 1 nitrogen and oxygen atoms in total. The Balaban J connectivity index is 3.06. The molecule has 1 heteroatoms. The zero-order valence-corrected chi connectivity index (χ0v) is 11.4. The van der Waals surface area contributed by atoms with Crippen LogP contribution in [0.2, 0.25) is 0 Å². The van der Waals surface area contributed by atoms with E-state index in [1.54, 1.807) is 0 Å². The van der Waals surface area contributed by atoms with E-state index in [0.717, 1.165) is 12.8 Å². The molecule has 0 amide bonds. The number of carbonyl (C=O) groups excluding carboxylic acids is 1.